The van der Waals surface area contributed by atoms with Crippen LogP contribution in [0.1, 0.15) is 12.5 Å². The molecule has 2 heterocycles. The van der Waals surface area contributed by atoms with Gasteiger partial charge in [-0.05, 0) is 6.42 Å². The third-order valence-electron chi connectivity index (χ3n) is 3.47. The van der Waals surface area contributed by atoms with Crippen LogP contribution in [0.15, 0.2) is 12.3 Å². The number of aliphatic carboxylic acids is 1. The molecule has 1 saturated heterocycles. The van der Waals surface area contributed by atoms with Gasteiger partial charge in [-0.2, -0.15) is 5.10 Å². The third-order valence-corrected chi connectivity index (χ3v) is 3.47. The van der Waals surface area contributed by atoms with Gasteiger partial charge < -0.3 is 15.7 Å². The lowest BCUT2D eigenvalue weighted by molar-refractivity contribution is -0.139. The highest BCUT2D eigenvalue weighted by molar-refractivity contribution is 5.97. The van der Waals surface area contributed by atoms with E-state index in [2.05, 4.69) is 15.7 Å². The Morgan fingerprint density at radius 2 is 2.22 bits per heavy atom. The lowest BCUT2D eigenvalue weighted by Gasteiger charge is -2.28. The average Bonchev–Trinajstić information content (AvgIpc) is 2.95. The summed E-state index contributed by atoms with van der Waals surface area (Å²) < 4.78 is 1.77. The Labute approximate surface area is 103 Å². The molecule has 3 rings (SSSR count). The first-order chi connectivity index (χ1) is 8.66. The van der Waals surface area contributed by atoms with Gasteiger partial charge in [0.15, 0.2) is 0 Å². The SMILES string of the molecule is O=C(O)C1CC1C(=O)Nc1ccnn1C1CNC1. The van der Waals surface area contributed by atoms with Crippen molar-refractivity contribution in [3.63, 3.8) is 0 Å². The molecule has 7 nitrogen and oxygen atoms in total. The van der Waals surface area contributed by atoms with E-state index in [9.17, 15) is 9.59 Å². The standard InChI is InChI=1S/C11H14N4O3/c16-10(7-3-8(7)11(17)18)14-9-1-2-13-15(9)6-4-12-5-6/h1-2,6-8,12H,3-5H2,(H,14,16)(H,17,18). The number of anilines is 1. The zero-order valence-electron chi connectivity index (χ0n) is 9.67. The summed E-state index contributed by atoms with van der Waals surface area (Å²) in [7, 11) is 0. The molecule has 2 unspecified atom stereocenters. The molecule has 0 aromatic carbocycles. The number of nitrogens with one attached hydrogen (secondary N) is 2. The molecule has 3 N–H and O–H groups in total. The van der Waals surface area contributed by atoms with Gasteiger partial charge in [0.1, 0.15) is 5.82 Å². The van der Waals surface area contributed by atoms with Crippen LogP contribution in [0.3, 0.4) is 0 Å². The second kappa shape index (κ2) is 4.09. The van der Waals surface area contributed by atoms with Gasteiger partial charge in [-0.3, -0.25) is 9.59 Å². The van der Waals surface area contributed by atoms with E-state index >= 15 is 0 Å². The van der Waals surface area contributed by atoms with Gasteiger partial charge in [0, 0.05) is 19.2 Å². The number of carbonyl (C=O) groups excluding carboxylic acids is 1. The fraction of sp³-hybridized carbons (Fsp3) is 0.545. The van der Waals surface area contributed by atoms with Gasteiger partial charge >= 0.3 is 5.97 Å². The molecule has 7 heteroatoms. The molecule has 1 saturated carbocycles. The van der Waals surface area contributed by atoms with Crippen molar-refractivity contribution in [2.75, 3.05) is 18.4 Å². The number of aromatic nitrogens is 2. The number of carbonyl (C=O) groups is 2. The van der Waals surface area contributed by atoms with E-state index in [1.54, 1.807) is 16.9 Å². The van der Waals surface area contributed by atoms with Gasteiger partial charge in [-0.25, -0.2) is 4.68 Å². The highest BCUT2D eigenvalue weighted by Crippen LogP contribution is 2.39. The predicted octanol–water partition coefficient (Wildman–Crippen LogP) is -0.313. The van der Waals surface area contributed by atoms with E-state index in [1.807, 2.05) is 0 Å². The van der Waals surface area contributed by atoms with E-state index in [-0.39, 0.29) is 11.9 Å². The van der Waals surface area contributed by atoms with Crippen molar-refractivity contribution in [2.45, 2.75) is 12.5 Å². The van der Waals surface area contributed by atoms with E-state index < -0.39 is 17.8 Å². The first-order valence-electron chi connectivity index (χ1n) is 5.94. The van der Waals surface area contributed by atoms with E-state index in [4.69, 9.17) is 5.11 Å². The van der Waals surface area contributed by atoms with Crippen molar-refractivity contribution < 1.29 is 14.7 Å². The number of nitrogens with zero attached hydrogens (tertiary/aromatic N) is 2. The molecule has 1 aromatic heterocycles. The smallest absolute Gasteiger partial charge is 0.307 e. The van der Waals surface area contributed by atoms with Gasteiger partial charge in [-0.15, -0.1) is 0 Å². The van der Waals surface area contributed by atoms with Crippen molar-refractivity contribution in [3.05, 3.63) is 12.3 Å². The Morgan fingerprint density at radius 1 is 1.44 bits per heavy atom. The van der Waals surface area contributed by atoms with Crippen LogP contribution in [0.2, 0.25) is 0 Å². The normalized spacial score (nSPS) is 26.4. The van der Waals surface area contributed by atoms with Crippen LogP contribution in [0.25, 0.3) is 0 Å². The van der Waals surface area contributed by atoms with Crippen molar-refractivity contribution in [3.8, 4) is 0 Å². The number of hydrogen-bond acceptors (Lipinski definition) is 4. The molecule has 0 radical (unpaired) electrons. The molecule has 1 aromatic rings. The molecule has 1 aliphatic carbocycles. The quantitative estimate of drug-likeness (QED) is 0.681. The molecule has 1 aliphatic heterocycles. The maximum absolute atomic E-state index is 11.8. The molecule has 0 spiro atoms. The monoisotopic (exact) mass is 250 g/mol. The molecule has 2 fully saturated rings. The van der Waals surface area contributed by atoms with Gasteiger partial charge in [0.05, 0.1) is 24.1 Å². The van der Waals surface area contributed by atoms with Gasteiger partial charge in [0.25, 0.3) is 0 Å². The molecule has 18 heavy (non-hydrogen) atoms. The number of hydrogen-bond donors (Lipinski definition) is 3. The van der Waals surface area contributed by atoms with Crippen LogP contribution >= 0.6 is 0 Å². The largest absolute Gasteiger partial charge is 0.481 e. The molecule has 0 bridgehead atoms. The summed E-state index contributed by atoms with van der Waals surface area (Å²) in [6.07, 6.45) is 2.07. The second-order valence-electron chi connectivity index (χ2n) is 4.75. The van der Waals surface area contributed by atoms with Crippen LogP contribution in [0.4, 0.5) is 5.82 Å². The Bertz CT molecular complexity index is 494. The summed E-state index contributed by atoms with van der Waals surface area (Å²) in [5.74, 6) is -1.40. The van der Waals surface area contributed by atoms with Crippen LogP contribution in [-0.4, -0.2) is 39.9 Å². The molecular formula is C11H14N4O3. The number of carboxylic acid groups (broad SMARTS) is 1. The maximum Gasteiger partial charge on any atom is 0.307 e. The minimum atomic E-state index is -0.896. The predicted molar refractivity (Wildman–Crippen MR) is 62.0 cm³/mol. The lowest BCUT2D eigenvalue weighted by Crippen LogP contribution is -2.44. The Hall–Kier alpha value is -1.89. The first kappa shape index (κ1) is 11.2. The number of amides is 1. The summed E-state index contributed by atoms with van der Waals surface area (Å²) in [4.78, 5) is 22.5. The Kier molecular flexibility index (Phi) is 2.55. The van der Waals surface area contributed by atoms with E-state index in [0.717, 1.165) is 13.1 Å². The molecule has 2 aliphatic rings. The number of carboxylic acids is 1. The van der Waals surface area contributed by atoms with Crippen molar-refractivity contribution in [1.29, 1.82) is 0 Å². The van der Waals surface area contributed by atoms with Crippen LogP contribution in [0.5, 0.6) is 0 Å². The molecule has 96 valence electrons. The van der Waals surface area contributed by atoms with Crippen LogP contribution in [0, 0.1) is 11.8 Å². The third kappa shape index (κ3) is 1.86. The first-order valence-corrected chi connectivity index (χ1v) is 5.94. The molecule has 1 amide bonds. The zero-order chi connectivity index (χ0) is 12.7. The average molecular weight is 250 g/mol. The number of rotatable bonds is 4. The van der Waals surface area contributed by atoms with Gasteiger partial charge in [0.2, 0.25) is 5.91 Å². The summed E-state index contributed by atoms with van der Waals surface area (Å²) in [5.41, 5.74) is 0. The molecule has 2 atom stereocenters. The van der Waals surface area contributed by atoms with Crippen molar-refractivity contribution >= 4 is 17.7 Å². The zero-order valence-corrected chi connectivity index (χ0v) is 9.67. The van der Waals surface area contributed by atoms with E-state index in [1.165, 1.54) is 0 Å². The second-order valence-corrected chi connectivity index (χ2v) is 4.75. The summed E-state index contributed by atoms with van der Waals surface area (Å²) in [6.45, 7) is 1.68. The Morgan fingerprint density at radius 3 is 2.78 bits per heavy atom. The van der Waals surface area contributed by atoms with Crippen LogP contribution in [-0.2, 0) is 9.59 Å². The topological polar surface area (TPSA) is 96.2 Å². The van der Waals surface area contributed by atoms with Crippen LogP contribution < -0.4 is 10.6 Å². The summed E-state index contributed by atoms with van der Waals surface area (Å²) >= 11 is 0. The summed E-state index contributed by atoms with van der Waals surface area (Å²) in [6, 6.07) is 2.00. The fourth-order valence-corrected chi connectivity index (χ4v) is 2.13. The minimum absolute atomic E-state index is 0.226. The molecular weight excluding hydrogens is 236 g/mol. The highest BCUT2D eigenvalue weighted by Gasteiger charge is 2.48. The minimum Gasteiger partial charge on any atom is -0.481 e. The maximum atomic E-state index is 11.8. The lowest BCUT2D eigenvalue weighted by atomic mass is 10.2. The summed E-state index contributed by atoms with van der Waals surface area (Å²) in [5, 5.41) is 18.8. The van der Waals surface area contributed by atoms with Crippen molar-refractivity contribution in [2.24, 2.45) is 11.8 Å². The Balaban J connectivity index is 1.64. The fourth-order valence-electron chi connectivity index (χ4n) is 2.13. The van der Waals surface area contributed by atoms with Gasteiger partial charge in [-0.1, -0.05) is 0 Å². The highest BCUT2D eigenvalue weighted by atomic mass is 16.4. The van der Waals surface area contributed by atoms with E-state index in [0.29, 0.717) is 12.2 Å². The van der Waals surface area contributed by atoms with Crippen molar-refractivity contribution in [1.82, 2.24) is 15.1 Å².